The lowest BCUT2D eigenvalue weighted by Gasteiger charge is -2.42. The molecule has 2 rings (SSSR count). The summed E-state index contributed by atoms with van der Waals surface area (Å²) in [7, 11) is 0. The van der Waals surface area contributed by atoms with Crippen LogP contribution in [0.4, 0.5) is 17.6 Å². The monoisotopic (exact) mass is 276 g/mol. The number of aliphatic carboxylic acids is 1. The summed E-state index contributed by atoms with van der Waals surface area (Å²) in [6, 6.07) is 2.46. The van der Waals surface area contributed by atoms with Crippen molar-refractivity contribution >= 4 is 5.97 Å². The summed E-state index contributed by atoms with van der Waals surface area (Å²) >= 11 is 0. The largest absolute Gasteiger partial charge is 0.481 e. The minimum Gasteiger partial charge on any atom is -0.481 e. The first kappa shape index (κ1) is 13.8. The van der Waals surface area contributed by atoms with E-state index >= 15 is 0 Å². The van der Waals surface area contributed by atoms with Crippen molar-refractivity contribution in [2.75, 3.05) is 0 Å². The van der Waals surface area contributed by atoms with Crippen molar-refractivity contribution in [3.05, 3.63) is 35.1 Å². The molecule has 0 atom stereocenters. The molecule has 0 bridgehead atoms. The lowest BCUT2D eigenvalue weighted by molar-refractivity contribution is -0.143. The third-order valence-corrected chi connectivity index (χ3v) is 3.66. The van der Waals surface area contributed by atoms with Gasteiger partial charge in [0.05, 0.1) is 12.0 Å². The summed E-state index contributed by atoms with van der Waals surface area (Å²) in [5.41, 5.74) is -2.17. The van der Waals surface area contributed by atoms with Crippen LogP contribution in [0.15, 0.2) is 18.2 Å². The van der Waals surface area contributed by atoms with Gasteiger partial charge in [0.2, 0.25) is 0 Å². The fraction of sp³-hybridized carbons (Fsp3) is 0.462. The standard InChI is InChI=1S/C13H12F4O2/c14-8-2-3-9(10(6-8)13(15,16)17)12(4-1-5-12)7-11(18)19/h2-3,6H,1,4-5,7H2,(H,18,19). The van der Waals surface area contributed by atoms with Crippen LogP contribution in [-0.4, -0.2) is 11.1 Å². The van der Waals surface area contributed by atoms with E-state index in [4.69, 9.17) is 5.11 Å². The average Bonchev–Trinajstić information content (AvgIpc) is 2.22. The van der Waals surface area contributed by atoms with Gasteiger partial charge in [-0.2, -0.15) is 13.2 Å². The molecule has 1 N–H and O–H groups in total. The topological polar surface area (TPSA) is 37.3 Å². The number of rotatable bonds is 3. The zero-order valence-electron chi connectivity index (χ0n) is 9.93. The van der Waals surface area contributed by atoms with Crippen molar-refractivity contribution < 1.29 is 27.5 Å². The molecular weight excluding hydrogens is 264 g/mol. The highest BCUT2D eigenvalue weighted by atomic mass is 19.4. The number of carbonyl (C=O) groups is 1. The van der Waals surface area contributed by atoms with Gasteiger partial charge in [0.15, 0.2) is 0 Å². The zero-order valence-corrected chi connectivity index (χ0v) is 9.93. The van der Waals surface area contributed by atoms with E-state index < -0.39 is 28.9 Å². The van der Waals surface area contributed by atoms with Crippen LogP contribution in [0.2, 0.25) is 0 Å². The van der Waals surface area contributed by atoms with Crippen molar-refractivity contribution in [1.82, 2.24) is 0 Å². The van der Waals surface area contributed by atoms with Gasteiger partial charge >= 0.3 is 12.1 Å². The maximum Gasteiger partial charge on any atom is 0.416 e. The fourth-order valence-electron chi connectivity index (χ4n) is 2.65. The van der Waals surface area contributed by atoms with Crippen molar-refractivity contribution in [1.29, 1.82) is 0 Å². The summed E-state index contributed by atoms with van der Waals surface area (Å²) in [4.78, 5) is 10.9. The van der Waals surface area contributed by atoms with Crippen LogP contribution < -0.4 is 0 Å². The molecule has 0 amide bonds. The molecule has 0 aromatic heterocycles. The number of hydrogen-bond donors (Lipinski definition) is 1. The molecule has 1 aliphatic carbocycles. The Bertz CT molecular complexity index is 504. The molecule has 1 aromatic carbocycles. The number of benzene rings is 1. The van der Waals surface area contributed by atoms with E-state index in [9.17, 15) is 22.4 Å². The average molecular weight is 276 g/mol. The Morgan fingerprint density at radius 3 is 2.37 bits per heavy atom. The molecular formula is C13H12F4O2. The zero-order chi connectivity index (χ0) is 14.3. The number of carboxylic acid groups (broad SMARTS) is 1. The minimum absolute atomic E-state index is 0.102. The Morgan fingerprint density at radius 2 is 1.95 bits per heavy atom. The van der Waals surface area contributed by atoms with E-state index in [0.717, 1.165) is 12.1 Å². The van der Waals surface area contributed by atoms with Crippen LogP contribution in [0, 0.1) is 5.82 Å². The summed E-state index contributed by atoms with van der Waals surface area (Å²) in [6.45, 7) is 0. The predicted octanol–water partition coefficient (Wildman–Crippen LogP) is 3.74. The van der Waals surface area contributed by atoms with Crippen molar-refractivity contribution in [3.63, 3.8) is 0 Å². The Morgan fingerprint density at radius 1 is 1.32 bits per heavy atom. The molecule has 0 heterocycles. The second kappa shape index (κ2) is 4.51. The van der Waals surface area contributed by atoms with Crippen LogP contribution >= 0.6 is 0 Å². The Hall–Kier alpha value is -1.59. The van der Waals surface area contributed by atoms with Gasteiger partial charge in [-0.1, -0.05) is 12.5 Å². The third kappa shape index (κ3) is 2.57. The number of carboxylic acids is 1. The quantitative estimate of drug-likeness (QED) is 0.854. The van der Waals surface area contributed by atoms with Crippen LogP contribution in [0.25, 0.3) is 0 Å². The molecule has 0 spiro atoms. The lowest BCUT2D eigenvalue weighted by Crippen LogP contribution is -2.38. The molecule has 0 unspecified atom stereocenters. The van der Waals surface area contributed by atoms with E-state index in [1.54, 1.807) is 0 Å². The molecule has 0 radical (unpaired) electrons. The summed E-state index contributed by atoms with van der Waals surface area (Å²) in [5.74, 6) is -2.11. The van der Waals surface area contributed by atoms with Crippen LogP contribution in [0.1, 0.15) is 36.8 Å². The van der Waals surface area contributed by atoms with Crippen LogP contribution in [0.3, 0.4) is 0 Å². The first-order valence-corrected chi connectivity index (χ1v) is 5.84. The van der Waals surface area contributed by atoms with Crippen molar-refractivity contribution in [2.45, 2.75) is 37.3 Å². The molecule has 1 aromatic rings. The van der Waals surface area contributed by atoms with E-state index in [0.29, 0.717) is 25.3 Å². The van der Waals surface area contributed by atoms with Gasteiger partial charge in [-0.05, 0) is 30.5 Å². The van der Waals surface area contributed by atoms with Crippen molar-refractivity contribution in [3.8, 4) is 0 Å². The van der Waals surface area contributed by atoms with Gasteiger partial charge in [0, 0.05) is 5.41 Å². The van der Waals surface area contributed by atoms with Gasteiger partial charge in [0.25, 0.3) is 0 Å². The molecule has 1 aliphatic rings. The van der Waals surface area contributed by atoms with E-state index in [-0.39, 0.29) is 12.0 Å². The second-order valence-electron chi connectivity index (χ2n) is 4.89. The van der Waals surface area contributed by atoms with E-state index in [1.165, 1.54) is 0 Å². The second-order valence-corrected chi connectivity index (χ2v) is 4.89. The SMILES string of the molecule is O=C(O)CC1(c2ccc(F)cc2C(F)(F)F)CCC1. The summed E-state index contributed by atoms with van der Waals surface area (Å²) in [5, 5.41) is 8.87. The molecule has 1 fully saturated rings. The van der Waals surface area contributed by atoms with Gasteiger partial charge in [-0.15, -0.1) is 0 Å². The van der Waals surface area contributed by atoms with Gasteiger partial charge in [-0.25, -0.2) is 4.39 Å². The first-order valence-electron chi connectivity index (χ1n) is 5.84. The summed E-state index contributed by atoms with van der Waals surface area (Å²) < 4.78 is 51.9. The van der Waals surface area contributed by atoms with Gasteiger partial charge in [0.1, 0.15) is 5.82 Å². The fourth-order valence-corrected chi connectivity index (χ4v) is 2.65. The number of halogens is 4. The molecule has 19 heavy (non-hydrogen) atoms. The smallest absolute Gasteiger partial charge is 0.416 e. The van der Waals surface area contributed by atoms with Crippen LogP contribution in [0.5, 0.6) is 0 Å². The molecule has 0 saturated heterocycles. The Balaban J connectivity index is 2.52. The minimum atomic E-state index is -4.68. The maximum atomic E-state index is 13.0. The molecule has 6 heteroatoms. The van der Waals surface area contributed by atoms with Gasteiger partial charge in [-0.3, -0.25) is 4.79 Å². The maximum absolute atomic E-state index is 13.0. The van der Waals surface area contributed by atoms with Gasteiger partial charge < -0.3 is 5.11 Å². The third-order valence-electron chi connectivity index (χ3n) is 3.66. The highest BCUT2D eigenvalue weighted by Crippen LogP contribution is 2.50. The van der Waals surface area contributed by atoms with Crippen LogP contribution in [-0.2, 0) is 16.4 Å². The first-order chi connectivity index (χ1) is 8.74. The normalized spacial score (nSPS) is 17.9. The lowest BCUT2D eigenvalue weighted by atomic mass is 9.61. The van der Waals surface area contributed by atoms with Crippen molar-refractivity contribution in [2.24, 2.45) is 0 Å². The molecule has 1 saturated carbocycles. The number of hydrogen-bond acceptors (Lipinski definition) is 1. The Labute approximate surface area is 107 Å². The molecule has 0 aliphatic heterocycles. The molecule has 2 nitrogen and oxygen atoms in total. The predicted molar refractivity (Wildman–Crippen MR) is 59.2 cm³/mol. The highest BCUT2D eigenvalue weighted by molar-refractivity contribution is 5.69. The van der Waals surface area contributed by atoms with E-state index in [2.05, 4.69) is 0 Å². The number of alkyl halides is 3. The highest BCUT2D eigenvalue weighted by Gasteiger charge is 2.46. The Kier molecular flexibility index (Phi) is 3.28. The van der Waals surface area contributed by atoms with E-state index in [1.807, 2.05) is 0 Å². The summed E-state index contributed by atoms with van der Waals surface area (Å²) in [6.07, 6.45) is -3.59. The molecule has 104 valence electrons.